The fourth-order valence-electron chi connectivity index (χ4n) is 4.00. The molecule has 0 amide bonds. The Kier molecular flexibility index (Phi) is 4.37. The van der Waals surface area contributed by atoms with Crippen molar-refractivity contribution in [3.8, 4) is 5.88 Å². The highest BCUT2D eigenvalue weighted by Crippen LogP contribution is 2.56. The lowest BCUT2D eigenvalue weighted by Crippen LogP contribution is -2.21. The molecule has 0 radical (unpaired) electrons. The number of hydrogen-bond acceptors (Lipinski definition) is 5. The fourth-order valence-corrected chi connectivity index (χ4v) is 5.36. The second-order valence-corrected chi connectivity index (χ2v) is 8.21. The molecule has 2 aliphatic heterocycles. The van der Waals surface area contributed by atoms with Crippen molar-refractivity contribution in [1.82, 2.24) is 9.97 Å². The molecule has 128 valence electrons. The first-order valence-electron chi connectivity index (χ1n) is 9.16. The van der Waals surface area contributed by atoms with Gasteiger partial charge in [0.15, 0.2) is 0 Å². The van der Waals surface area contributed by atoms with Crippen LogP contribution in [0, 0.1) is 0 Å². The topological polar surface area (TPSA) is 47.4 Å². The van der Waals surface area contributed by atoms with Crippen LogP contribution < -0.4 is 4.74 Å². The average Bonchev–Trinajstić information content (AvgIpc) is 3.16. The summed E-state index contributed by atoms with van der Waals surface area (Å²) in [5, 5.41) is 0.231. The van der Waals surface area contributed by atoms with Crippen LogP contribution in [0.4, 0.5) is 0 Å². The molecule has 0 spiro atoms. The van der Waals surface area contributed by atoms with Crippen LogP contribution in [0.1, 0.15) is 70.9 Å². The highest BCUT2D eigenvalue weighted by molar-refractivity contribution is 8.00. The van der Waals surface area contributed by atoms with E-state index in [9.17, 15) is 0 Å². The average molecular weight is 343 g/mol. The summed E-state index contributed by atoms with van der Waals surface area (Å²) in [6, 6.07) is 0. The van der Waals surface area contributed by atoms with Gasteiger partial charge < -0.3 is 4.74 Å². The third-order valence-electron chi connectivity index (χ3n) is 5.00. The van der Waals surface area contributed by atoms with E-state index in [1.165, 1.54) is 37.8 Å². The maximum Gasteiger partial charge on any atom is 0.231 e. The minimum Gasteiger partial charge on any atom is -0.474 e. The van der Waals surface area contributed by atoms with E-state index < -0.39 is 0 Å². The summed E-state index contributed by atoms with van der Waals surface area (Å²) in [4.78, 5) is 15.3. The van der Waals surface area contributed by atoms with E-state index in [4.69, 9.17) is 9.73 Å². The van der Waals surface area contributed by atoms with Crippen molar-refractivity contribution < 1.29 is 4.74 Å². The fraction of sp³-hybridized carbons (Fsp3) is 0.632. The van der Waals surface area contributed by atoms with E-state index >= 15 is 0 Å². The van der Waals surface area contributed by atoms with E-state index in [0.717, 1.165) is 22.9 Å². The summed E-state index contributed by atoms with van der Waals surface area (Å²) >= 11 is 1.80. The summed E-state index contributed by atoms with van der Waals surface area (Å²) in [5.41, 5.74) is 5.65. The molecule has 4 nitrogen and oxygen atoms in total. The van der Waals surface area contributed by atoms with Crippen LogP contribution in [-0.4, -0.2) is 27.2 Å². The molecule has 0 aromatic carbocycles. The standard InChI is InChI=1S/C19H25N3OS/c1-4-5-9-14-12-7-6-8-13(12)15-16-17(24-19(15)22-14)18(21-10-20-16)23-11(2)3/h10-11,15,19H,4-9H2,1-3H3/t15-,19+/m0/s1. The molecule has 5 heteroatoms. The highest BCUT2D eigenvalue weighted by atomic mass is 32.2. The number of aliphatic imine (C=N–C) groups is 1. The zero-order chi connectivity index (χ0) is 16.7. The number of dihydropyridines is 1. The zero-order valence-electron chi connectivity index (χ0n) is 14.7. The molecule has 3 aliphatic rings. The molecule has 0 fully saturated rings. The molecule has 0 bridgehead atoms. The molecule has 1 aromatic heterocycles. The van der Waals surface area contributed by atoms with Crippen LogP contribution in [0.25, 0.3) is 0 Å². The van der Waals surface area contributed by atoms with Gasteiger partial charge in [0.25, 0.3) is 0 Å². The Morgan fingerprint density at radius 3 is 2.96 bits per heavy atom. The molecule has 1 aromatic rings. The van der Waals surface area contributed by atoms with Crippen LogP contribution in [-0.2, 0) is 0 Å². The molecule has 4 rings (SSSR count). The van der Waals surface area contributed by atoms with Crippen LogP contribution in [0.5, 0.6) is 5.88 Å². The predicted octanol–water partition coefficient (Wildman–Crippen LogP) is 4.90. The Bertz CT molecular complexity index is 711. The Morgan fingerprint density at radius 1 is 1.29 bits per heavy atom. The normalized spacial score (nSPS) is 24.8. The number of aromatic nitrogens is 2. The number of fused-ring (bicyclic) bond motifs is 4. The number of hydrogen-bond donors (Lipinski definition) is 0. The van der Waals surface area contributed by atoms with Crippen molar-refractivity contribution in [2.45, 2.75) is 81.6 Å². The molecule has 24 heavy (non-hydrogen) atoms. The Labute approximate surface area is 148 Å². The van der Waals surface area contributed by atoms with Gasteiger partial charge in [0.1, 0.15) is 11.7 Å². The van der Waals surface area contributed by atoms with Gasteiger partial charge in [-0.15, -0.1) is 0 Å². The summed E-state index contributed by atoms with van der Waals surface area (Å²) in [6.45, 7) is 6.33. The summed E-state index contributed by atoms with van der Waals surface area (Å²) in [5.74, 6) is 1.07. The van der Waals surface area contributed by atoms with Gasteiger partial charge in [-0.05, 0) is 51.5 Å². The van der Waals surface area contributed by atoms with Gasteiger partial charge in [0, 0.05) is 5.71 Å². The molecule has 0 saturated carbocycles. The SMILES string of the molecule is CCCCC1=N[C@@H]2Sc3c(OC(C)C)ncnc3[C@@H]2C2=C1CCC2. The summed E-state index contributed by atoms with van der Waals surface area (Å²) in [6.07, 6.45) is 9.01. The first-order chi connectivity index (χ1) is 11.7. The van der Waals surface area contributed by atoms with E-state index in [-0.39, 0.29) is 11.5 Å². The van der Waals surface area contributed by atoms with E-state index in [1.54, 1.807) is 29.2 Å². The van der Waals surface area contributed by atoms with Crippen molar-refractivity contribution in [2.24, 2.45) is 4.99 Å². The maximum atomic E-state index is 5.93. The summed E-state index contributed by atoms with van der Waals surface area (Å²) in [7, 11) is 0. The van der Waals surface area contributed by atoms with Crippen LogP contribution in [0.3, 0.4) is 0 Å². The lowest BCUT2D eigenvalue weighted by molar-refractivity contribution is 0.225. The molecule has 0 unspecified atom stereocenters. The Balaban J connectivity index is 1.72. The van der Waals surface area contributed by atoms with Crippen LogP contribution in [0.15, 0.2) is 27.4 Å². The molecular weight excluding hydrogens is 318 g/mol. The largest absolute Gasteiger partial charge is 0.474 e. The molecule has 2 atom stereocenters. The van der Waals surface area contributed by atoms with Gasteiger partial charge in [-0.25, -0.2) is 9.97 Å². The monoisotopic (exact) mass is 343 g/mol. The van der Waals surface area contributed by atoms with Crippen molar-refractivity contribution in [3.05, 3.63) is 23.2 Å². The van der Waals surface area contributed by atoms with Gasteiger partial charge >= 0.3 is 0 Å². The number of rotatable bonds is 5. The molecule has 1 aliphatic carbocycles. The second kappa shape index (κ2) is 6.51. The Morgan fingerprint density at radius 2 is 2.17 bits per heavy atom. The van der Waals surface area contributed by atoms with Crippen LogP contribution in [0.2, 0.25) is 0 Å². The minimum absolute atomic E-state index is 0.122. The lowest BCUT2D eigenvalue weighted by atomic mass is 9.87. The maximum absolute atomic E-state index is 5.93. The number of nitrogens with zero attached hydrogens (tertiary/aromatic N) is 3. The third kappa shape index (κ3) is 2.67. The van der Waals surface area contributed by atoms with Crippen molar-refractivity contribution in [3.63, 3.8) is 0 Å². The number of allylic oxidation sites excluding steroid dienone is 1. The second-order valence-electron chi connectivity index (χ2n) is 7.08. The molecular formula is C19H25N3OS. The van der Waals surface area contributed by atoms with Gasteiger partial charge in [0.05, 0.1) is 22.6 Å². The first kappa shape index (κ1) is 16.1. The highest BCUT2D eigenvalue weighted by Gasteiger charge is 2.44. The molecule has 3 heterocycles. The van der Waals surface area contributed by atoms with Crippen molar-refractivity contribution in [1.29, 1.82) is 0 Å². The number of thioether (sulfide) groups is 1. The van der Waals surface area contributed by atoms with E-state index in [2.05, 4.69) is 16.9 Å². The molecule has 0 saturated heterocycles. The summed E-state index contributed by atoms with van der Waals surface area (Å²) < 4.78 is 5.93. The third-order valence-corrected chi connectivity index (χ3v) is 6.24. The Hall–Kier alpha value is -1.36. The van der Waals surface area contributed by atoms with Crippen molar-refractivity contribution >= 4 is 17.5 Å². The quantitative estimate of drug-likeness (QED) is 0.762. The van der Waals surface area contributed by atoms with Crippen LogP contribution >= 0.6 is 11.8 Å². The minimum atomic E-state index is 0.122. The first-order valence-corrected chi connectivity index (χ1v) is 10.0. The van der Waals surface area contributed by atoms with E-state index in [0.29, 0.717) is 5.92 Å². The van der Waals surface area contributed by atoms with Gasteiger partial charge in [-0.3, -0.25) is 4.99 Å². The molecule has 0 N–H and O–H groups in total. The van der Waals surface area contributed by atoms with Gasteiger partial charge in [-0.1, -0.05) is 30.7 Å². The van der Waals surface area contributed by atoms with Gasteiger partial charge in [0.2, 0.25) is 5.88 Å². The number of ether oxygens (including phenoxy) is 1. The lowest BCUT2D eigenvalue weighted by Gasteiger charge is -2.26. The predicted molar refractivity (Wildman–Crippen MR) is 98.0 cm³/mol. The van der Waals surface area contributed by atoms with E-state index in [1.807, 2.05) is 13.8 Å². The smallest absolute Gasteiger partial charge is 0.231 e. The van der Waals surface area contributed by atoms with Crippen molar-refractivity contribution in [2.75, 3.05) is 0 Å². The van der Waals surface area contributed by atoms with Gasteiger partial charge in [-0.2, -0.15) is 0 Å². The number of unbranched alkanes of at least 4 members (excludes halogenated alkanes) is 1. The zero-order valence-corrected chi connectivity index (χ0v) is 15.5.